The summed E-state index contributed by atoms with van der Waals surface area (Å²) in [4.78, 5) is 19.8. The number of nitrogens with one attached hydrogen (secondary N) is 1. The van der Waals surface area contributed by atoms with Gasteiger partial charge in [-0.2, -0.15) is 0 Å². The molecule has 0 saturated carbocycles. The fourth-order valence-corrected chi connectivity index (χ4v) is 1.44. The largest absolute Gasteiger partial charge is 2.00 e. The van der Waals surface area contributed by atoms with Crippen molar-refractivity contribution in [2.24, 2.45) is 5.73 Å². The van der Waals surface area contributed by atoms with Crippen LogP contribution in [-0.4, -0.2) is 33.5 Å². The van der Waals surface area contributed by atoms with E-state index in [9.17, 15) is 4.79 Å². The number of carbonyl (C=O) groups is 2. The van der Waals surface area contributed by atoms with Crippen LogP contribution in [0.15, 0.2) is 30.3 Å². The standard InChI is InChI=1S/C10H13NOS.CH3NOS.Mg/c1-10(2,11-9(12)13)8-6-4-3-5-7-8;2-1(3)4;/h3-7H,1-2H3,(H2,11,12,13);(H3,2,3,4);/q;;+2/p-2. The van der Waals surface area contributed by atoms with Gasteiger partial charge in [0.2, 0.25) is 0 Å². The van der Waals surface area contributed by atoms with Gasteiger partial charge < -0.3 is 45.9 Å². The summed E-state index contributed by atoms with van der Waals surface area (Å²) in [6.07, 6.45) is 0. The zero-order valence-corrected chi connectivity index (χ0v) is 13.4. The van der Waals surface area contributed by atoms with Crippen LogP contribution >= 0.6 is 0 Å². The third-order valence-electron chi connectivity index (χ3n) is 1.91. The Morgan fingerprint density at radius 3 is 1.89 bits per heavy atom. The first-order valence-corrected chi connectivity index (χ1v) is 5.58. The van der Waals surface area contributed by atoms with Crippen molar-refractivity contribution >= 4 is 58.8 Å². The summed E-state index contributed by atoms with van der Waals surface area (Å²) < 4.78 is 0. The van der Waals surface area contributed by atoms with Crippen molar-refractivity contribution in [3.63, 3.8) is 0 Å². The summed E-state index contributed by atoms with van der Waals surface area (Å²) in [6, 6.07) is 9.74. The molecular weight excluding hydrogens is 281 g/mol. The summed E-state index contributed by atoms with van der Waals surface area (Å²) in [5.41, 5.74) is 4.95. The van der Waals surface area contributed by atoms with Crippen molar-refractivity contribution in [1.29, 1.82) is 0 Å². The van der Waals surface area contributed by atoms with Gasteiger partial charge in [-0.15, -0.1) is 0 Å². The van der Waals surface area contributed by atoms with Gasteiger partial charge in [-0.1, -0.05) is 30.3 Å². The monoisotopic (exact) mass is 294 g/mol. The molecule has 0 aliphatic carbocycles. The maximum Gasteiger partial charge on any atom is 2.00 e. The Bertz CT molecular complexity index is 382. The molecule has 0 aliphatic heterocycles. The molecule has 3 N–H and O–H groups in total. The molecular formula is C11H14MgN2O2S2. The van der Waals surface area contributed by atoms with Crippen molar-refractivity contribution in [2.45, 2.75) is 19.4 Å². The fourth-order valence-electron chi connectivity index (χ4n) is 1.18. The van der Waals surface area contributed by atoms with Crippen LogP contribution in [0.25, 0.3) is 0 Å². The molecule has 0 aliphatic rings. The number of nitrogens with two attached hydrogens (primary N) is 1. The Morgan fingerprint density at radius 2 is 1.56 bits per heavy atom. The van der Waals surface area contributed by atoms with Crippen LogP contribution in [0.2, 0.25) is 0 Å². The van der Waals surface area contributed by atoms with Gasteiger partial charge in [0.05, 0.1) is 16.0 Å². The summed E-state index contributed by atoms with van der Waals surface area (Å²) in [5, 5.41) is 1.54. The van der Waals surface area contributed by atoms with Gasteiger partial charge in [0.15, 0.2) is 0 Å². The van der Waals surface area contributed by atoms with E-state index in [1.54, 1.807) is 0 Å². The Balaban J connectivity index is 0. The van der Waals surface area contributed by atoms with Crippen molar-refractivity contribution in [3.05, 3.63) is 35.9 Å². The number of benzene rings is 1. The molecule has 0 unspecified atom stereocenters. The third-order valence-corrected chi connectivity index (χ3v) is 2.01. The minimum atomic E-state index is -0.750. The molecule has 0 heterocycles. The number of hydrogen-bond acceptors (Lipinski definition) is 4. The SMILES string of the molecule is CC(C)(NC(=O)[S-])c1ccccc1.NC(=O)[S-].[Mg+2]. The Labute approximate surface area is 134 Å². The summed E-state index contributed by atoms with van der Waals surface area (Å²) >= 11 is 8.24. The predicted molar refractivity (Wildman–Crippen MR) is 78.1 cm³/mol. The van der Waals surface area contributed by atoms with E-state index in [0.29, 0.717) is 0 Å². The van der Waals surface area contributed by atoms with Crippen molar-refractivity contribution in [3.8, 4) is 0 Å². The molecule has 0 radical (unpaired) electrons. The summed E-state index contributed by atoms with van der Waals surface area (Å²) in [5.74, 6) is 0. The zero-order valence-electron chi connectivity index (χ0n) is 10.3. The van der Waals surface area contributed by atoms with Crippen LogP contribution in [0.3, 0.4) is 0 Å². The smallest absolute Gasteiger partial charge is 0.719 e. The minimum absolute atomic E-state index is 0. The normalized spacial score (nSPS) is 9.22. The van der Waals surface area contributed by atoms with E-state index in [1.165, 1.54) is 0 Å². The first-order valence-electron chi connectivity index (χ1n) is 4.77. The minimum Gasteiger partial charge on any atom is -0.719 e. The van der Waals surface area contributed by atoms with Gasteiger partial charge >= 0.3 is 23.1 Å². The summed E-state index contributed by atoms with van der Waals surface area (Å²) in [7, 11) is 0. The van der Waals surface area contributed by atoms with E-state index < -0.39 is 10.5 Å². The predicted octanol–water partition coefficient (Wildman–Crippen LogP) is 1.41. The molecule has 0 fully saturated rings. The van der Waals surface area contributed by atoms with Crippen LogP contribution < -0.4 is 11.1 Å². The second kappa shape index (κ2) is 9.32. The third kappa shape index (κ3) is 9.40. The Kier molecular flexibility index (Phi) is 10.2. The van der Waals surface area contributed by atoms with Crippen molar-refractivity contribution in [1.82, 2.24) is 5.32 Å². The molecule has 18 heavy (non-hydrogen) atoms. The number of primary amides is 1. The second-order valence-corrected chi connectivity index (χ2v) is 4.50. The van der Waals surface area contributed by atoms with Crippen molar-refractivity contribution < 1.29 is 9.59 Å². The second-order valence-electron chi connectivity index (χ2n) is 3.72. The van der Waals surface area contributed by atoms with Gasteiger partial charge in [-0.05, 0) is 19.4 Å². The van der Waals surface area contributed by atoms with Crippen LogP contribution in [0.5, 0.6) is 0 Å². The van der Waals surface area contributed by atoms with Crippen LogP contribution in [0, 0.1) is 0 Å². The zero-order chi connectivity index (χ0) is 13.5. The Hall–Kier alpha value is -0.634. The molecule has 7 heteroatoms. The first kappa shape index (κ1) is 19.7. The topological polar surface area (TPSA) is 72.2 Å². The van der Waals surface area contributed by atoms with E-state index in [4.69, 9.17) is 4.79 Å². The molecule has 94 valence electrons. The van der Waals surface area contributed by atoms with E-state index in [2.05, 4.69) is 36.3 Å². The van der Waals surface area contributed by atoms with E-state index in [-0.39, 0.29) is 28.6 Å². The number of rotatable bonds is 2. The number of carbonyl (C=O) groups excluding carboxylic acids is 2. The molecule has 4 nitrogen and oxygen atoms in total. The Morgan fingerprint density at radius 1 is 1.17 bits per heavy atom. The molecule has 2 amide bonds. The molecule has 1 aromatic rings. The van der Waals surface area contributed by atoms with E-state index >= 15 is 0 Å². The molecule has 0 aromatic heterocycles. The quantitative estimate of drug-likeness (QED) is 0.639. The number of amides is 2. The van der Waals surface area contributed by atoms with Crippen LogP contribution in [0.4, 0.5) is 9.59 Å². The van der Waals surface area contributed by atoms with Gasteiger partial charge in [0.25, 0.3) is 0 Å². The van der Waals surface area contributed by atoms with Gasteiger partial charge in [-0.3, -0.25) is 0 Å². The molecule has 0 saturated heterocycles. The number of hydrogen-bond donors (Lipinski definition) is 2. The van der Waals surface area contributed by atoms with E-state index in [0.717, 1.165) is 5.56 Å². The van der Waals surface area contributed by atoms with Crippen LogP contribution in [-0.2, 0) is 30.8 Å². The van der Waals surface area contributed by atoms with Gasteiger partial charge in [-0.25, -0.2) is 0 Å². The molecule has 1 rings (SSSR count). The van der Waals surface area contributed by atoms with Crippen molar-refractivity contribution in [2.75, 3.05) is 0 Å². The maximum atomic E-state index is 10.7. The van der Waals surface area contributed by atoms with E-state index in [1.807, 2.05) is 44.2 Å². The average Bonchev–Trinajstić information content (AvgIpc) is 2.16. The molecule has 0 spiro atoms. The molecule has 0 atom stereocenters. The maximum absolute atomic E-state index is 10.7. The van der Waals surface area contributed by atoms with Crippen LogP contribution in [0.1, 0.15) is 19.4 Å². The van der Waals surface area contributed by atoms with Gasteiger partial charge in [0, 0.05) is 0 Å². The first-order chi connectivity index (χ1) is 7.75. The average molecular weight is 295 g/mol. The summed E-state index contributed by atoms with van der Waals surface area (Å²) in [6.45, 7) is 3.85. The molecule has 0 bridgehead atoms. The molecule has 1 aromatic carbocycles. The fraction of sp³-hybridized carbons (Fsp3) is 0.273. The van der Waals surface area contributed by atoms with Gasteiger partial charge in [0.1, 0.15) is 0 Å².